The van der Waals surface area contributed by atoms with E-state index in [2.05, 4.69) is 0 Å². The van der Waals surface area contributed by atoms with Crippen molar-refractivity contribution in [3.63, 3.8) is 0 Å². The third-order valence-electron chi connectivity index (χ3n) is 4.35. The van der Waals surface area contributed by atoms with E-state index < -0.39 is 5.79 Å². The lowest BCUT2D eigenvalue weighted by atomic mass is 9.73. The Bertz CT molecular complexity index is 278. The zero-order valence-corrected chi connectivity index (χ0v) is 10.0. The number of ether oxygens (including phenoxy) is 2. The Morgan fingerprint density at radius 2 is 2.00 bits per heavy atom. The molecule has 0 amide bonds. The highest BCUT2D eigenvalue weighted by molar-refractivity contribution is 4.99. The average molecular weight is 228 g/mol. The van der Waals surface area contributed by atoms with E-state index in [1.54, 1.807) is 7.11 Å². The van der Waals surface area contributed by atoms with E-state index in [0.717, 1.165) is 19.3 Å². The number of fused-ring (bicyclic) bond motifs is 3. The summed E-state index contributed by atoms with van der Waals surface area (Å²) in [5, 5.41) is 0. The van der Waals surface area contributed by atoms with Gasteiger partial charge in [0.25, 0.3) is 0 Å². The van der Waals surface area contributed by atoms with Crippen molar-refractivity contribution < 1.29 is 19.2 Å². The first-order valence-corrected chi connectivity index (χ1v) is 6.26. The molecule has 0 aromatic rings. The molecular weight excluding hydrogens is 208 g/mol. The summed E-state index contributed by atoms with van der Waals surface area (Å²) in [6.07, 6.45) is 6.34. The molecule has 0 aromatic heterocycles. The maximum atomic E-state index is 5.94. The zero-order valence-electron chi connectivity index (χ0n) is 10.0. The zero-order chi connectivity index (χ0) is 11.2. The maximum absolute atomic E-state index is 5.94. The van der Waals surface area contributed by atoms with Gasteiger partial charge in [-0.1, -0.05) is 12.8 Å². The molecule has 0 N–H and O–H groups in total. The lowest BCUT2D eigenvalue weighted by molar-refractivity contribution is -0.547. The molecule has 1 aliphatic carbocycles. The lowest BCUT2D eigenvalue weighted by Gasteiger charge is -2.48. The van der Waals surface area contributed by atoms with Crippen LogP contribution in [-0.4, -0.2) is 24.8 Å². The van der Waals surface area contributed by atoms with Crippen LogP contribution in [0.5, 0.6) is 0 Å². The van der Waals surface area contributed by atoms with Crippen LogP contribution in [0.4, 0.5) is 0 Å². The minimum atomic E-state index is -0.622. The van der Waals surface area contributed by atoms with Crippen molar-refractivity contribution in [1.82, 2.24) is 0 Å². The summed E-state index contributed by atoms with van der Waals surface area (Å²) in [5.41, 5.74) is -0.358. The summed E-state index contributed by atoms with van der Waals surface area (Å²) in [7, 11) is 1.69. The van der Waals surface area contributed by atoms with Gasteiger partial charge in [-0.25, -0.2) is 9.78 Å². The molecule has 1 unspecified atom stereocenters. The maximum Gasteiger partial charge on any atom is 0.201 e. The van der Waals surface area contributed by atoms with Crippen LogP contribution in [0.15, 0.2) is 0 Å². The number of rotatable bonds is 1. The summed E-state index contributed by atoms with van der Waals surface area (Å²) >= 11 is 0. The second-order valence-corrected chi connectivity index (χ2v) is 5.42. The van der Waals surface area contributed by atoms with Crippen molar-refractivity contribution in [3.8, 4) is 0 Å². The van der Waals surface area contributed by atoms with Crippen LogP contribution >= 0.6 is 0 Å². The monoisotopic (exact) mass is 228 g/mol. The predicted molar refractivity (Wildman–Crippen MR) is 56.4 cm³/mol. The summed E-state index contributed by atoms with van der Waals surface area (Å²) in [6, 6.07) is 0. The molecule has 3 heterocycles. The van der Waals surface area contributed by atoms with E-state index in [0.29, 0.717) is 5.92 Å². The fraction of sp³-hybridized carbons (Fsp3) is 1.00. The van der Waals surface area contributed by atoms with Crippen molar-refractivity contribution in [2.45, 2.75) is 63.1 Å². The van der Waals surface area contributed by atoms with Gasteiger partial charge in [0.2, 0.25) is 5.79 Å². The Kier molecular flexibility index (Phi) is 2.51. The highest BCUT2D eigenvalue weighted by atomic mass is 17.3. The third kappa shape index (κ3) is 1.44. The minimum absolute atomic E-state index is 0.279. The SMILES string of the molecule is COC1O[C@@]2(C)CC[C@H]3CCCC[C@@]13OO2. The fourth-order valence-electron chi connectivity index (χ4n) is 3.38. The summed E-state index contributed by atoms with van der Waals surface area (Å²) in [6.45, 7) is 1.93. The highest BCUT2D eigenvalue weighted by Crippen LogP contribution is 2.51. The van der Waals surface area contributed by atoms with E-state index in [1.165, 1.54) is 19.3 Å². The Balaban J connectivity index is 1.96. The average Bonchev–Trinajstić information content (AvgIpc) is 2.53. The smallest absolute Gasteiger partial charge is 0.201 e. The first-order valence-electron chi connectivity index (χ1n) is 6.26. The molecule has 4 nitrogen and oxygen atoms in total. The van der Waals surface area contributed by atoms with Crippen molar-refractivity contribution in [3.05, 3.63) is 0 Å². The molecule has 4 atom stereocenters. The first-order chi connectivity index (χ1) is 7.69. The summed E-state index contributed by atoms with van der Waals surface area (Å²) < 4.78 is 11.4. The van der Waals surface area contributed by atoms with Crippen molar-refractivity contribution in [1.29, 1.82) is 0 Å². The topological polar surface area (TPSA) is 36.9 Å². The van der Waals surface area contributed by atoms with Crippen LogP contribution < -0.4 is 0 Å². The van der Waals surface area contributed by atoms with Gasteiger partial charge in [0.05, 0.1) is 0 Å². The fourth-order valence-corrected chi connectivity index (χ4v) is 3.38. The van der Waals surface area contributed by atoms with E-state index in [4.69, 9.17) is 19.2 Å². The second-order valence-electron chi connectivity index (χ2n) is 5.42. The van der Waals surface area contributed by atoms with Gasteiger partial charge in [-0.15, -0.1) is 0 Å². The molecule has 2 bridgehead atoms. The highest BCUT2D eigenvalue weighted by Gasteiger charge is 2.59. The van der Waals surface area contributed by atoms with Gasteiger partial charge in [0.15, 0.2) is 11.9 Å². The third-order valence-corrected chi connectivity index (χ3v) is 4.35. The van der Waals surface area contributed by atoms with Crippen molar-refractivity contribution >= 4 is 0 Å². The normalized spacial score (nSPS) is 52.1. The Morgan fingerprint density at radius 1 is 1.12 bits per heavy atom. The molecule has 0 radical (unpaired) electrons. The van der Waals surface area contributed by atoms with Gasteiger partial charge in [-0.05, 0) is 32.1 Å². The van der Waals surface area contributed by atoms with Crippen molar-refractivity contribution in [2.24, 2.45) is 5.92 Å². The molecule has 0 aromatic carbocycles. The molecule has 16 heavy (non-hydrogen) atoms. The summed E-state index contributed by atoms with van der Waals surface area (Å²) in [5.74, 6) is -0.112. The summed E-state index contributed by atoms with van der Waals surface area (Å²) in [4.78, 5) is 11.2. The Labute approximate surface area is 96.1 Å². The molecular formula is C12H20O4. The standard InChI is InChI=1S/C12H20O4/c1-11-8-6-9-5-3-4-7-12(9,16-15-11)10(13-2)14-11/h9-10H,3-8H2,1-2H3/t9-,10?,11-,12+/m1/s1. The van der Waals surface area contributed by atoms with Crippen LogP contribution in [-0.2, 0) is 19.2 Å². The van der Waals surface area contributed by atoms with Crippen molar-refractivity contribution in [2.75, 3.05) is 7.11 Å². The molecule has 3 saturated heterocycles. The van der Waals surface area contributed by atoms with Gasteiger partial charge in [-0.3, -0.25) is 0 Å². The van der Waals surface area contributed by atoms with Gasteiger partial charge in [0, 0.05) is 13.5 Å². The molecule has 1 spiro atoms. The molecule has 3 aliphatic heterocycles. The minimum Gasteiger partial charge on any atom is -0.353 e. The van der Waals surface area contributed by atoms with Crippen LogP contribution in [0.25, 0.3) is 0 Å². The van der Waals surface area contributed by atoms with Crippen LogP contribution in [0.2, 0.25) is 0 Å². The second kappa shape index (κ2) is 3.67. The van der Waals surface area contributed by atoms with Gasteiger partial charge >= 0.3 is 0 Å². The number of methoxy groups -OCH3 is 1. The van der Waals surface area contributed by atoms with E-state index in [9.17, 15) is 0 Å². The number of hydrogen-bond acceptors (Lipinski definition) is 4. The van der Waals surface area contributed by atoms with Crippen LogP contribution in [0.3, 0.4) is 0 Å². The lowest BCUT2D eigenvalue weighted by Crippen LogP contribution is -2.59. The first kappa shape index (κ1) is 11.0. The largest absolute Gasteiger partial charge is 0.353 e. The predicted octanol–water partition coefficient (Wildman–Crippen LogP) is 2.38. The molecule has 4 aliphatic rings. The van der Waals surface area contributed by atoms with Crippen LogP contribution in [0, 0.1) is 5.92 Å². The molecule has 1 saturated carbocycles. The van der Waals surface area contributed by atoms with Crippen LogP contribution in [0.1, 0.15) is 45.4 Å². The van der Waals surface area contributed by atoms with Gasteiger partial charge in [-0.2, -0.15) is 0 Å². The van der Waals surface area contributed by atoms with E-state index >= 15 is 0 Å². The van der Waals surface area contributed by atoms with E-state index in [1.807, 2.05) is 6.92 Å². The van der Waals surface area contributed by atoms with Gasteiger partial charge in [0.1, 0.15) is 0 Å². The molecule has 4 fully saturated rings. The number of hydrogen-bond donors (Lipinski definition) is 0. The van der Waals surface area contributed by atoms with E-state index in [-0.39, 0.29) is 11.9 Å². The molecule has 4 rings (SSSR count). The quantitative estimate of drug-likeness (QED) is 0.646. The molecule has 4 heteroatoms. The molecule has 92 valence electrons. The Morgan fingerprint density at radius 3 is 2.81 bits per heavy atom. The van der Waals surface area contributed by atoms with Gasteiger partial charge < -0.3 is 9.47 Å². The Hall–Kier alpha value is -0.160.